The highest BCUT2D eigenvalue weighted by Crippen LogP contribution is 2.21. The van der Waals surface area contributed by atoms with Crippen molar-refractivity contribution in [3.8, 4) is 17.0 Å². The molecular weight excluding hydrogens is 346 g/mol. The monoisotopic (exact) mass is 357 g/mol. The number of amides is 2. The molecule has 0 atom stereocenters. The van der Waals surface area contributed by atoms with Crippen molar-refractivity contribution in [1.82, 2.24) is 16.0 Å². The minimum Gasteiger partial charge on any atom is -0.507 e. The molecule has 0 saturated heterocycles. The topological polar surface area (TPSA) is 104 Å². The number of rotatable bonds is 3. The standard InChI is InChI=1S/C17H12ClN3O4/c18-11-6-7-14(22)12(8-11)16(23)19-20-17(24)15-9-13(21-25-15)10-4-2-1-3-5-10/h1-9,22H,(H,19,23)(H,20,24). The summed E-state index contributed by atoms with van der Waals surface area (Å²) in [5, 5.41) is 13.7. The molecule has 1 heterocycles. The summed E-state index contributed by atoms with van der Waals surface area (Å²) in [4.78, 5) is 24.0. The molecule has 3 N–H and O–H groups in total. The molecule has 0 aliphatic rings. The molecule has 0 spiro atoms. The first kappa shape index (κ1) is 16.5. The van der Waals surface area contributed by atoms with Gasteiger partial charge in [-0.2, -0.15) is 0 Å². The van der Waals surface area contributed by atoms with E-state index in [0.717, 1.165) is 5.56 Å². The summed E-state index contributed by atoms with van der Waals surface area (Å²) < 4.78 is 4.98. The Morgan fingerprint density at radius 1 is 1.00 bits per heavy atom. The minimum atomic E-state index is -0.726. The third-order valence-corrected chi connectivity index (χ3v) is 3.53. The molecule has 25 heavy (non-hydrogen) atoms. The number of carbonyl (C=O) groups is 2. The smallest absolute Gasteiger partial charge is 0.308 e. The van der Waals surface area contributed by atoms with Gasteiger partial charge >= 0.3 is 5.91 Å². The van der Waals surface area contributed by atoms with Crippen molar-refractivity contribution in [2.45, 2.75) is 0 Å². The molecule has 3 aromatic rings. The summed E-state index contributed by atoms with van der Waals surface area (Å²) in [6.45, 7) is 0. The molecule has 1 aromatic heterocycles. The molecule has 0 aliphatic carbocycles. The van der Waals surface area contributed by atoms with E-state index in [4.69, 9.17) is 16.1 Å². The lowest BCUT2D eigenvalue weighted by atomic mass is 10.1. The van der Waals surface area contributed by atoms with Crippen LogP contribution in [0.5, 0.6) is 5.75 Å². The molecule has 2 aromatic carbocycles. The van der Waals surface area contributed by atoms with Gasteiger partial charge in [-0.3, -0.25) is 20.4 Å². The van der Waals surface area contributed by atoms with Crippen LogP contribution in [-0.2, 0) is 0 Å². The Bertz CT molecular complexity index is 925. The number of nitrogens with one attached hydrogen (secondary N) is 2. The summed E-state index contributed by atoms with van der Waals surface area (Å²) in [6.07, 6.45) is 0. The van der Waals surface area contributed by atoms with Crippen LogP contribution in [0.1, 0.15) is 20.9 Å². The molecule has 0 aliphatic heterocycles. The summed E-state index contributed by atoms with van der Waals surface area (Å²) in [6, 6.07) is 14.6. The molecule has 0 saturated carbocycles. The first-order chi connectivity index (χ1) is 12.0. The van der Waals surface area contributed by atoms with Gasteiger partial charge in [0.05, 0.1) is 5.56 Å². The van der Waals surface area contributed by atoms with E-state index in [1.807, 2.05) is 30.3 Å². The lowest BCUT2D eigenvalue weighted by molar-refractivity contribution is 0.0824. The number of carbonyl (C=O) groups excluding carboxylic acids is 2. The van der Waals surface area contributed by atoms with E-state index < -0.39 is 11.8 Å². The van der Waals surface area contributed by atoms with Gasteiger partial charge in [-0.1, -0.05) is 47.1 Å². The van der Waals surface area contributed by atoms with Crippen molar-refractivity contribution < 1.29 is 19.2 Å². The minimum absolute atomic E-state index is 0.0738. The second-order valence-corrected chi connectivity index (χ2v) is 5.45. The first-order valence-electron chi connectivity index (χ1n) is 7.16. The van der Waals surface area contributed by atoms with E-state index in [9.17, 15) is 14.7 Å². The van der Waals surface area contributed by atoms with Crippen LogP contribution in [0.2, 0.25) is 5.02 Å². The predicted octanol–water partition coefficient (Wildman–Crippen LogP) is 2.78. The van der Waals surface area contributed by atoms with E-state index in [1.165, 1.54) is 24.3 Å². The average molecular weight is 358 g/mol. The van der Waals surface area contributed by atoms with Crippen molar-refractivity contribution >= 4 is 23.4 Å². The first-order valence-corrected chi connectivity index (χ1v) is 7.54. The van der Waals surface area contributed by atoms with Gasteiger partial charge in [0.15, 0.2) is 0 Å². The fourth-order valence-corrected chi connectivity index (χ4v) is 2.23. The largest absolute Gasteiger partial charge is 0.507 e. The highest BCUT2D eigenvalue weighted by molar-refractivity contribution is 6.31. The van der Waals surface area contributed by atoms with E-state index in [-0.39, 0.29) is 22.1 Å². The van der Waals surface area contributed by atoms with Crippen LogP contribution in [0.3, 0.4) is 0 Å². The predicted molar refractivity (Wildman–Crippen MR) is 90.0 cm³/mol. The number of nitrogens with zero attached hydrogens (tertiary/aromatic N) is 1. The van der Waals surface area contributed by atoms with E-state index in [1.54, 1.807) is 0 Å². The highest BCUT2D eigenvalue weighted by atomic mass is 35.5. The highest BCUT2D eigenvalue weighted by Gasteiger charge is 2.16. The number of hydrogen-bond donors (Lipinski definition) is 3. The van der Waals surface area contributed by atoms with E-state index in [2.05, 4.69) is 16.0 Å². The zero-order valence-electron chi connectivity index (χ0n) is 12.7. The number of phenolic OH excluding ortho intramolecular Hbond substituents is 1. The third kappa shape index (κ3) is 3.78. The van der Waals surface area contributed by atoms with Gasteiger partial charge in [-0.25, -0.2) is 0 Å². The number of benzene rings is 2. The summed E-state index contributed by atoms with van der Waals surface area (Å²) in [7, 11) is 0. The molecule has 0 unspecified atom stereocenters. The number of hydrogen-bond acceptors (Lipinski definition) is 5. The van der Waals surface area contributed by atoms with Gasteiger partial charge < -0.3 is 9.63 Å². The van der Waals surface area contributed by atoms with E-state index in [0.29, 0.717) is 5.69 Å². The average Bonchev–Trinajstić information content (AvgIpc) is 3.12. The van der Waals surface area contributed by atoms with Crippen LogP contribution >= 0.6 is 11.6 Å². The Hall–Kier alpha value is -3.32. The Morgan fingerprint density at radius 2 is 1.72 bits per heavy atom. The number of aromatic hydroxyl groups is 1. The summed E-state index contributed by atoms with van der Waals surface area (Å²) in [5.41, 5.74) is 5.56. The van der Waals surface area contributed by atoms with Crippen LogP contribution < -0.4 is 10.9 Å². The summed E-state index contributed by atoms with van der Waals surface area (Å²) in [5.74, 6) is -1.75. The third-order valence-electron chi connectivity index (χ3n) is 3.30. The number of halogens is 1. The molecule has 0 radical (unpaired) electrons. The molecule has 3 rings (SSSR count). The molecule has 126 valence electrons. The lowest BCUT2D eigenvalue weighted by Crippen LogP contribution is -2.41. The van der Waals surface area contributed by atoms with Gasteiger partial charge in [0.1, 0.15) is 11.4 Å². The Labute approximate surface area is 147 Å². The van der Waals surface area contributed by atoms with Crippen LogP contribution in [0.4, 0.5) is 0 Å². The second kappa shape index (κ2) is 7.06. The zero-order chi connectivity index (χ0) is 17.8. The molecule has 0 bridgehead atoms. The Kier molecular flexibility index (Phi) is 4.67. The van der Waals surface area contributed by atoms with Crippen molar-refractivity contribution in [3.05, 3.63) is 70.9 Å². The molecule has 2 amide bonds. The lowest BCUT2D eigenvalue weighted by Gasteiger charge is -2.07. The maximum atomic E-state index is 12.0. The number of hydrazine groups is 1. The van der Waals surface area contributed by atoms with Gasteiger partial charge in [0.25, 0.3) is 5.91 Å². The fraction of sp³-hybridized carbons (Fsp3) is 0. The SMILES string of the molecule is O=C(NNC(=O)c1cc(Cl)ccc1O)c1cc(-c2ccccc2)no1. The quantitative estimate of drug-likeness (QED) is 0.625. The zero-order valence-corrected chi connectivity index (χ0v) is 13.4. The number of phenols is 1. The second-order valence-electron chi connectivity index (χ2n) is 5.01. The van der Waals surface area contributed by atoms with Gasteiger partial charge in [-0.05, 0) is 18.2 Å². The molecule has 0 fully saturated rings. The normalized spacial score (nSPS) is 10.3. The fourth-order valence-electron chi connectivity index (χ4n) is 2.06. The van der Waals surface area contributed by atoms with Crippen LogP contribution in [0, 0.1) is 0 Å². The molecular formula is C17H12ClN3O4. The van der Waals surface area contributed by atoms with Crippen LogP contribution in [0.25, 0.3) is 11.3 Å². The Balaban J connectivity index is 1.66. The van der Waals surface area contributed by atoms with Gasteiger partial charge in [0, 0.05) is 16.7 Å². The molecule has 7 nitrogen and oxygen atoms in total. The van der Waals surface area contributed by atoms with Gasteiger partial charge in [-0.15, -0.1) is 0 Å². The van der Waals surface area contributed by atoms with Gasteiger partial charge in [0.2, 0.25) is 5.76 Å². The van der Waals surface area contributed by atoms with Crippen molar-refractivity contribution in [2.24, 2.45) is 0 Å². The Morgan fingerprint density at radius 3 is 2.48 bits per heavy atom. The molecule has 8 heteroatoms. The van der Waals surface area contributed by atoms with Crippen LogP contribution in [-0.4, -0.2) is 22.1 Å². The number of aromatic nitrogens is 1. The van der Waals surface area contributed by atoms with E-state index >= 15 is 0 Å². The summed E-state index contributed by atoms with van der Waals surface area (Å²) >= 11 is 5.78. The van der Waals surface area contributed by atoms with Crippen molar-refractivity contribution in [1.29, 1.82) is 0 Å². The van der Waals surface area contributed by atoms with Crippen molar-refractivity contribution in [2.75, 3.05) is 0 Å². The maximum Gasteiger partial charge on any atom is 0.308 e. The maximum absolute atomic E-state index is 12.0. The van der Waals surface area contributed by atoms with Crippen molar-refractivity contribution in [3.63, 3.8) is 0 Å². The van der Waals surface area contributed by atoms with Crippen LogP contribution in [0.15, 0.2) is 59.1 Å².